The summed E-state index contributed by atoms with van der Waals surface area (Å²) < 4.78 is 34.9. The Morgan fingerprint density at radius 2 is 1.50 bits per heavy atom. The molecule has 7 heteroatoms. The average molecular weight is 466 g/mol. The molecule has 178 valence electrons. The number of ether oxygens (including phenoxy) is 4. The van der Waals surface area contributed by atoms with E-state index in [0.29, 0.717) is 36.7 Å². The van der Waals surface area contributed by atoms with Gasteiger partial charge in [0.2, 0.25) is 0 Å². The van der Waals surface area contributed by atoms with Crippen molar-refractivity contribution in [3.63, 3.8) is 0 Å². The predicted octanol–water partition coefficient (Wildman–Crippen LogP) is 5.17. The van der Waals surface area contributed by atoms with Crippen LogP contribution >= 0.6 is 0 Å². The number of carbonyl (C=O) groups excluding carboxylic acids is 1. The Balaban J connectivity index is 1.49. The topological polar surface area (TPSA) is 66.0 Å². The Morgan fingerprint density at radius 3 is 2.21 bits per heavy atom. The highest BCUT2D eigenvalue weighted by atomic mass is 19.1. The fraction of sp³-hybridized carbons (Fsp3) is 0.296. The Bertz CT molecular complexity index is 1150. The maximum absolute atomic E-state index is 13.2. The van der Waals surface area contributed by atoms with Gasteiger partial charge in [-0.1, -0.05) is 12.1 Å². The standard InChI is InChI=1S/C27H28FNO5/c1-31-24-11-5-17(15-26(24)33-3)12-19-16-34-27(30)22(19)13-18-4-10-23(25(14-18)32-2)29-21-8-6-20(28)7-9-21/h4-11,14-15,19,22,29H,12-13,16H2,1-3H3/t19-,22+/m0/s1. The Labute approximate surface area is 198 Å². The van der Waals surface area contributed by atoms with E-state index in [9.17, 15) is 9.18 Å². The van der Waals surface area contributed by atoms with Crippen LogP contribution in [-0.4, -0.2) is 33.9 Å². The van der Waals surface area contributed by atoms with Crippen LogP contribution in [0.5, 0.6) is 17.2 Å². The molecule has 0 amide bonds. The van der Waals surface area contributed by atoms with Crippen molar-refractivity contribution in [3.8, 4) is 17.2 Å². The second kappa shape index (κ2) is 10.5. The van der Waals surface area contributed by atoms with Crippen LogP contribution in [0.2, 0.25) is 0 Å². The van der Waals surface area contributed by atoms with E-state index in [1.165, 1.54) is 12.1 Å². The van der Waals surface area contributed by atoms with Crippen molar-refractivity contribution < 1.29 is 28.1 Å². The Morgan fingerprint density at radius 1 is 0.853 bits per heavy atom. The van der Waals surface area contributed by atoms with E-state index < -0.39 is 0 Å². The van der Waals surface area contributed by atoms with Gasteiger partial charge in [-0.2, -0.15) is 0 Å². The minimum Gasteiger partial charge on any atom is -0.495 e. The van der Waals surface area contributed by atoms with Crippen molar-refractivity contribution in [2.45, 2.75) is 12.8 Å². The molecular formula is C27H28FNO5. The minimum atomic E-state index is -0.293. The molecule has 3 aromatic carbocycles. The zero-order valence-corrected chi connectivity index (χ0v) is 19.5. The molecule has 1 heterocycles. The molecule has 4 rings (SSSR count). The van der Waals surface area contributed by atoms with Crippen molar-refractivity contribution in [1.82, 2.24) is 0 Å². The van der Waals surface area contributed by atoms with Crippen molar-refractivity contribution >= 4 is 17.3 Å². The van der Waals surface area contributed by atoms with E-state index >= 15 is 0 Å². The van der Waals surface area contributed by atoms with Crippen LogP contribution in [0.3, 0.4) is 0 Å². The summed E-state index contributed by atoms with van der Waals surface area (Å²) in [6.07, 6.45) is 1.24. The molecule has 0 unspecified atom stereocenters. The maximum Gasteiger partial charge on any atom is 0.309 e. The van der Waals surface area contributed by atoms with Gasteiger partial charge < -0.3 is 24.3 Å². The number of benzene rings is 3. The Hall–Kier alpha value is -3.74. The number of methoxy groups -OCH3 is 3. The molecule has 1 fully saturated rings. The van der Waals surface area contributed by atoms with Crippen LogP contribution in [0.4, 0.5) is 15.8 Å². The summed E-state index contributed by atoms with van der Waals surface area (Å²) in [4.78, 5) is 12.6. The average Bonchev–Trinajstić information content (AvgIpc) is 3.19. The molecule has 0 spiro atoms. The van der Waals surface area contributed by atoms with Crippen LogP contribution in [0, 0.1) is 17.7 Å². The van der Waals surface area contributed by atoms with Gasteiger partial charge in [-0.05, 0) is 72.5 Å². The SMILES string of the molecule is COc1cc(C[C@H]2C(=O)OC[C@@H]2Cc2ccc(OC)c(OC)c2)ccc1Nc1ccc(F)cc1. The Kier molecular flexibility index (Phi) is 7.21. The lowest BCUT2D eigenvalue weighted by molar-refractivity contribution is -0.141. The number of carbonyl (C=O) groups is 1. The number of rotatable bonds is 9. The number of anilines is 2. The molecule has 1 aliphatic rings. The number of halogens is 1. The van der Waals surface area contributed by atoms with Gasteiger partial charge >= 0.3 is 5.97 Å². The van der Waals surface area contributed by atoms with Crippen molar-refractivity contribution in [3.05, 3.63) is 77.6 Å². The molecule has 0 aromatic heterocycles. The van der Waals surface area contributed by atoms with Gasteiger partial charge in [-0.25, -0.2) is 4.39 Å². The van der Waals surface area contributed by atoms with Gasteiger partial charge in [-0.15, -0.1) is 0 Å². The molecular weight excluding hydrogens is 437 g/mol. The molecule has 1 saturated heterocycles. The molecule has 0 radical (unpaired) electrons. The molecule has 1 N–H and O–H groups in total. The molecule has 1 aliphatic heterocycles. The van der Waals surface area contributed by atoms with Gasteiger partial charge in [0.1, 0.15) is 11.6 Å². The maximum atomic E-state index is 13.2. The highest BCUT2D eigenvalue weighted by molar-refractivity contribution is 5.75. The third kappa shape index (κ3) is 5.25. The molecule has 0 saturated carbocycles. The summed E-state index contributed by atoms with van der Waals surface area (Å²) in [6.45, 7) is 0.388. The molecule has 6 nitrogen and oxygen atoms in total. The summed E-state index contributed by atoms with van der Waals surface area (Å²) >= 11 is 0. The summed E-state index contributed by atoms with van der Waals surface area (Å²) in [5.74, 6) is 1.29. The van der Waals surface area contributed by atoms with Crippen LogP contribution < -0.4 is 19.5 Å². The van der Waals surface area contributed by atoms with Crippen molar-refractivity contribution in [2.24, 2.45) is 11.8 Å². The van der Waals surface area contributed by atoms with Gasteiger partial charge in [0.15, 0.2) is 11.5 Å². The first-order valence-electron chi connectivity index (χ1n) is 11.1. The molecule has 0 aliphatic carbocycles. The van der Waals surface area contributed by atoms with Crippen LogP contribution in [0.25, 0.3) is 0 Å². The summed E-state index contributed by atoms with van der Waals surface area (Å²) in [5, 5.41) is 3.24. The number of esters is 1. The second-order valence-corrected chi connectivity index (χ2v) is 8.26. The molecule has 34 heavy (non-hydrogen) atoms. The minimum absolute atomic E-state index is 0.0496. The normalized spacial score (nSPS) is 17.2. The second-order valence-electron chi connectivity index (χ2n) is 8.26. The van der Waals surface area contributed by atoms with E-state index in [4.69, 9.17) is 18.9 Å². The van der Waals surface area contributed by atoms with E-state index in [2.05, 4.69) is 5.32 Å². The van der Waals surface area contributed by atoms with Crippen molar-refractivity contribution in [1.29, 1.82) is 0 Å². The fourth-order valence-corrected chi connectivity index (χ4v) is 4.27. The van der Waals surface area contributed by atoms with Crippen LogP contribution in [-0.2, 0) is 22.4 Å². The summed E-state index contributed by atoms with van der Waals surface area (Å²) in [5.41, 5.74) is 3.54. The lowest BCUT2D eigenvalue weighted by atomic mass is 9.85. The van der Waals surface area contributed by atoms with E-state index in [1.807, 2.05) is 36.4 Å². The summed E-state index contributed by atoms with van der Waals surface area (Å²) in [6, 6.07) is 17.7. The first-order valence-corrected chi connectivity index (χ1v) is 11.1. The highest BCUT2D eigenvalue weighted by Crippen LogP contribution is 2.35. The van der Waals surface area contributed by atoms with Gasteiger partial charge in [0, 0.05) is 11.6 Å². The van der Waals surface area contributed by atoms with Gasteiger partial charge in [0.05, 0.1) is 39.5 Å². The zero-order valence-electron chi connectivity index (χ0n) is 19.5. The lowest BCUT2D eigenvalue weighted by Crippen LogP contribution is -2.20. The largest absolute Gasteiger partial charge is 0.495 e. The third-order valence-electron chi connectivity index (χ3n) is 6.10. The molecule has 0 bridgehead atoms. The van der Waals surface area contributed by atoms with E-state index in [0.717, 1.165) is 22.5 Å². The summed E-state index contributed by atoms with van der Waals surface area (Å²) in [7, 11) is 4.80. The number of hydrogen-bond donors (Lipinski definition) is 1. The number of cyclic esters (lactones) is 1. The quantitative estimate of drug-likeness (QED) is 0.440. The molecule has 3 aromatic rings. The van der Waals surface area contributed by atoms with Crippen LogP contribution in [0.1, 0.15) is 11.1 Å². The van der Waals surface area contributed by atoms with Gasteiger partial charge in [0.25, 0.3) is 0 Å². The van der Waals surface area contributed by atoms with Gasteiger partial charge in [-0.3, -0.25) is 4.79 Å². The first kappa shape index (κ1) is 23.4. The predicted molar refractivity (Wildman–Crippen MR) is 128 cm³/mol. The first-order chi connectivity index (χ1) is 16.5. The zero-order chi connectivity index (χ0) is 24.1. The monoisotopic (exact) mass is 465 g/mol. The number of nitrogens with one attached hydrogen (secondary N) is 1. The fourth-order valence-electron chi connectivity index (χ4n) is 4.27. The van der Waals surface area contributed by atoms with Crippen molar-refractivity contribution in [2.75, 3.05) is 33.3 Å². The number of hydrogen-bond acceptors (Lipinski definition) is 6. The third-order valence-corrected chi connectivity index (χ3v) is 6.10. The highest BCUT2D eigenvalue weighted by Gasteiger charge is 2.37. The smallest absolute Gasteiger partial charge is 0.309 e. The van der Waals surface area contributed by atoms with Crippen LogP contribution in [0.15, 0.2) is 60.7 Å². The van der Waals surface area contributed by atoms with E-state index in [1.54, 1.807) is 33.5 Å². The van der Waals surface area contributed by atoms with E-state index in [-0.39, 0.29) is 23.6 Å². The molecule has 2 atom stereocenters. The lowest BCUT2D eigenvalue weighted by Gasteiger charge is -2.18.